The molecular formula is C33H33ClFN3O5. The number of ether oxygens (including phenoxy) is 3. The summed E-state index contributed by atoms with van der Waals surface area (Å²) < 4.78 is 35.7. The minimum atomic E-state index is -1.24. The summed E-state index contributed by atoms with van der Waals surface area (Å²) in [5, 5.41) is 9.87. The van der Waals surface area contributed by atoms with Crippen LogP contribution >= 0.6 is 11.6 Å². The lowest BCUT2D eigenvalue weighted by Gasteiger charge is -2.33. The number of imidazole rings is 1. The maximum atomic E-state index is 15.0. The zero-order valence-corrected chi connectivity index (χ0v) is 24.6. The van der Waals surface area contributed by atoms with Gasteiger partial charge in [0, 0.05) is 23.6 Å². The monoisotopic (exact) mass is 605 g/mol. The van der Waals surface area contributed by atoms with E-state index in [1.807, 2.05) is 19.1 Å². The van der Waals surface area contributed by atoms with E-state index in [9.17, 15) is 14.3 Å². The van der Waals surface area contributed by atoms with Crippen molar-refractivity contribution in [2.24, 2.45) is 0 Å². The molecule has 7 rings (SSSR count). The molecule has 1 aromatic heterocycles. The maximum absolute atomic E-state index is 15.0. The van der Waals surface area contributed by atoms with Gasteiger partial charge in [0.1, 0.15) is 11.6 Å². The van der Waals surface area contributed by atoms with Crippen molar-refractivity contribution in [1.82, 2.24) is 14.5 Å². The van der Waals surface area contributed by atoms with Gasteiger partial charge < -0.3 is 23.9 Å². The summed E-state index contributed by atoms with van der Waals surface area (Å²) in [4.78, 5) is 18.9. The molecule has 8 nitrogen and oxygen atoms in total. The molecule has 3 aliphatic heterocycles. The van der Waals surface area contributed by atoms with Crippen LogP contribution < -0.4 is 9.47 Å². The highest BCUT2D eigenvalue weighted by Gasteiger charge is 2.45. The number of aromatic nitrogens is 2. The lowest BCUT2D eigenvalue weighted by molar-refractivity contribution is -0.0921. The summed E-state index contributed by atoms with van der Waals surface area (Å²) in [5.74, 6) is -0.144. The van der Waals surface area contributed by atoms with Crippen LogP contribution in [0.15, 0.2) is 54.6 Å². The van der Waals surface area contributed by atoms with Crippen LogP contribution in [0.4, 0.5) is 4.39 Å². The van der Waals surface area contributed by atoms with Crippen LogP contribution in [0, 0.1) is 5.82 Å². The molecule has 0 aliphatic carbocycles. The number of halogens is 2. The van der Waals surface area contributed by atoms with Gasteiger partial charge in [0.25, 0.3) is 5.79 Å². The predicted molar refractivity (Wildman–Crippen MR) is 159 cm³/mol. The summed E-state index contributed by atoms with van der Waals surface area (Å²) in [6, 6.07) is 15.6. The number of hydrogen-bond acceptors (Lipinski definition) is 6. The lowest BCUT2D eigenvalue weighted by atomic mass is 9.88. The second-order valence-corrected chi connectivity index (χ2v) is 12.0. The molecule has 10 heteroatoms. The van der Waals surface area contributed by atoms with Crippen molar-refractivity contribution in [3.8, 4) is 11.5 Å². The Hall–Kier alpha value is -3.66. The van der Waals surface area contributed by atoms with Crippen LogP contribution in [0.25, 0.3) is 11.0 Å². The molecule has 2 fully saturated rings. The second-order valence-electron chi connectivity index (χ2n) is 11.6. The number of piperidine rings is 1. The number of hydrogen-bond donors (Lipinski definition) is 1. The number of nitrogens with zero attached hydrogens (tertiary/aromatic N) is 3. The number of carbonyl (C=O) groups is 1. The number of likely N-dealkylation sites (tertiary alicyclic amines) is 1. The van der Waals surface area contributed by atoms with Crippen LogP contribution in [-0.2, 0) is 23.6 Å². The number of rotatable bonds is 8. The highest BCUT2D eigenvalue weighted by molar-refractivity contribution is 6.30. The van der Waals surface area contributed by atoms with Gasteiger partial charge in [-0.3, -0.25) is 4.90 Å². The Balaban J connectivity index is 1.09. The third kappa shape index (κ3) is 5.13. The van der Waals surface area contributed by atoms with Crippen LogP contribution in [0.5, 0.6) is 11.5 Å². The normalized spacial score (nSPS) is 22.2. The lowest BCUT2D eigenvalue weighted by Crippen LogP contribution is -2.36. The van der Waals surface area contributed by atoms with Gasteiger partial charge in [0.15, 0.2) is 11.5 Å². The van der Waals surface area contributed by atoms with E-state index in [0.717, 1.165) is 61.4 Å². The molecule has 224 valence electrons. The second kappa shape index (κ2) is 11.1. The topological polar surface area (TPSA) is 86.1 Å². The van der Waals surface area contributed by atoms with Crippen molar-refractivity contribution in [3.63, 3.8) is 0 Å². The fraction of sp³-hybridized carbons (Fsp3) is 0.394. The Morgan fingerprint density at radius 3 is 2.63 bits per heavy atom. The largest absolute Gasteiger partial charge is 0.478 e. The van der Waals surface area contributed by atoms with E-state index in [4.69, 9.17) is 30.8 Å². The summed E-state index contributed by atoms with van der Waals surface area (Å²) in [7, 11) is 0. The highest BCUT2D eigenvalue weighted by Crippen LogP contribution is 2.51. The SMILES string of the molecule is CC[C@@]1(c2ccc(Cl)cc2F)Oc2cccc(C3CCN(Cc4nc5ccc(C(=O)O)cc5n4C[C@@H]4CCO4)CC3)c2O1. The van der Waals surface area contributed by atoms with Crippen LogP contribution in [0.1, 0.15) is 65.8 Å². The number of fused-ring (bicyclic) bond motifs is 2. The fourth-order valence-corrected chi connectivity index (χ4v) is 6.67. The third-order valence-corrected chi connectivity index (χ3v) is 9.24. The average Bonchev–Trinajstić information content (AvgIpc) is 3.53. The minimum absolute atomic E-state index is 0.120. The molecule has 1 N–H and O–H groups in total. The van der Waals surface area contributed by atoms with Crippen molar-refractivity contribution >= 4 is 28.6 Å². The van der Waals surface area contributed by atoms with Gasteiger partial charge >= 0.3 is 5.97 Å². The van der Waals surface area contributed by atoms with Gasteiger partial charge in [-0.25, -0.2) is 14.2 Å². The van der Waals surface area contributed by atoms with E-state index in [2.05, 4.69) is 15.5 Å². The first-order chi connectivity index (χ1) is 20.8. The van der Waals surface area contributed by atoms with E-state index >= 15 is 0 Å². The summed E-state index contributed by atoms with van der Waals surface area (Å²) in [5.41, 5.74) is 3.29. The van der Waals surface area contributed by atoms with Crippen molar-refractivity contribution < 1.29 is 28.5 Å². The third-order valence-electron chi connectivity index (χ3n) is 9.00. The van der Waals surface area contributed by atoms with E-state index in [1.54, 1.807) is 30.3 Å². The number of para-hydroxylation sites is 1. The Kier molecular flexibility index (Phi) is 7.27. The molecule has 3 aromatic carbocycles. The number of carboxylic acid groups (broad SMARTS) is 1. The smallest absolute Gasteiger partial charge is 0.335 e. The summed E-state index contributed by atoms with van der Waals surface area (Å²) in [6.45, 7) is 5.73. The van der Waals surface area contributed by atoms with Gasteiger partial charge in [0.2, 0.25) is 0 Å². The molecule has 2 atom stereocenters. The summed E-state index contributed by atoms with van der Waals surface area (Å²) >= 11 is 6.01. The Morgan fingerprint density at radius 2 is 1.93 bits per heavy atom. The standard InChI is InChI=1S/C33H33ClFN3O5/c1-2-33(25-8-7-22(34)17-26(25)35)42-29-5-3-4-24(31(29)43-33)20-10-13-37(14-11-20)19-30-36-27-9-6-21(32(39)40)16-28(27)38(30)18-23-12-15-41-23/h3-9,16-17,20,23H,2,10-15,18-19H2,1H3,(H,39,40)/t23-,33+/m0/s1. The van der Waals surface area contributed by atoms with Crippen LogP contribution in [0.3, 0.4) is 0 Å². The molecular weight excluding hydrogens is 573 g/mol. The zero-order chi connectivity index (χ0) is 29.7. The van der Waals surface area contributed by atoms with Gasteiger partial charge in [-0.1, -0.05) is 30.7 Å². The molecule has 0 bridgehead atoms. The van der Waals surface area contributed by atoms with E-state index in [0.29, 0.717) is 41.6 Å². The molecule has 0 saturated carbocycles. The molecule has 4 heterocycles. The molecule has 43 heavy (non-hydrogen) atoms. The number of benzene rings is 3. The molecule has 0 amide bonds. The highest BCUT2D eigenvalue weighted by atomic mass is 35.5. The van der Waals surface area contributed by atoms with Gasteiger partial charge in [-0.05, 0) is 80.7 Å². The average molecular weight is 606 g/mol. The summed E-state index contributed by atoms with van der Waals surface area (Å²) in [6.07, 6.45) is 3.38. The number of aromatic carboxylic acids is 1. The van der Waals surface area contributed by atoms with Gasteiger partial charge in [-0.2, -0.15) is 0 Å². The maximum Gasteiger partial charge on any atom is 0.335 e. The van der Waals surface area contributed by atoms with E-state index < -0.39 is 17.6 Å². The van der Waals surface area contributed by atoms with E-state index in [1.165, 1.54) is 6.07 Å². The molecule has 0 radical (unpaired) electrons. The minimum Gasteiger partial charge on any atom is -0.478 e. The Morgan fingerprint density at radius 1 is 1.12 bits per heavy atom. The van der Waals surface area contributed by atoms with E-state index in [-0.39, 0.29) is 17.6 Å². The molecule has 0 spiro atoms. The first-order valence-corrected chi connectivity index (χ1v) is 15.2. The van der Waals surface area contributed by atoms with Crippen LogP contribution in [0.2, 0.25) is 5.02 Å². The van der Waals surface area contributed by atoms with Gasteiger partial charge in [-0.15, -0.1) is 0 Å². The number of carboxylic acids is 1. The quantitative estimate of drug-likeness (QED) is 0.238. The van der Waals surface area contributed by atoms with Crippen LogP contribution in [-0.4, -0.2) is 51.3 Å². The first kappa shape index (κ1) is 28.1. The van der Waals surface area contributed by atoms with Crippen molar-refractivity contribution in [2.45, 2.75) is 63.5 Å². The Labute approximate surface area is 253 Å². The first-order valence-electron chi connectivity index (χ1n) is 14.9. The predicted octanol–water partition coefficient (Wildman–Crippen LogP) is 6.73. The molecule has 4 aromatic rings. The van der Waals surface area contributed by atoms with Crippen molar-refractivity contribution in [3.05, 3.63) is 88.0 Å². The zero-order valence-electron chi connectivity index (χ0n) is 23.9. The molecule has 3 aliphatic rings. The van der Waals surface area contributed by atoms with Crippen molar-refractivity contribution in [2.75, 3.05) is 19.7 Å². The van der Waals surface area contributed by atoms with Gasteiger partial charge in [0.05, 0.1) is 41.4 Å². The molecule has 2 saturated heterocycles. The van der Waals surface area contributed by atoms with Crippen molar-refractivity contribution in [1.29, 1.82) is 0 Å². The molecule has 0 unspecified atom stereocenters. The Bertz CT molecular complexity index is 1700. The fourth-order valence-electron chi connectivity index (χ4n) is 6.51.